The number of aryl methyl sites for hydroxylation is 1. The van der Waals surface area contributed by atoms with Crippen molar-refractivity contribution in [3.05, 3.63) is 101 Å². The monoisotopic (exact) mass is 486 g/mol. The lowest BCUT2D eigenvalue weighted by Gasteiger charge is -2.17. The van der Waals surface area contributed by atoms with Crippen LogP contribution in [0.5, 0.6) is 0 Å². The van der Waals surface area contributed by atoms with E-state index in [4.69, 9.17) is 5.73 Å². The molecule has 7 nitrogen and oxygen atoms in total. The highest BCUT2D eigenvalue weighted by Crippen LogP contribution is 2.13. The number of aromatic nitrogens is 1. The lowest BCUT2D eigenvalue weighted by molar-refractivity contribution is -0.137. The number of carbonyl (C=O) groups excluding carboxylic acids is 3. The third-order valence-corrected chi connectivity index (χ3v) is 5.24. The first-order valence-electron chi connectivity index (χ1n) is 11.9. The summed E-state index contributed by atoms with van der Waals surface area (Å²) in [5.41, 5.74) is 8.85. The molecule has 0 fully saturated rings. The van der Waals surface area contributed by atoms with Gasteiger partial charge in [0.15, 0.2) is 0 Å². The predicted molar refractivity (Wildman–Crippen MR) is 144 cm³/mol. The summed E-state index contributed by atoms with van der Waals surface area (Å²) in [4.78, 5) is 41.1. The second kappa shape index (κ2) is 15.0. The number of Topliss-reactive ketones (excluding diaryl/α,β-unsaturated/α-hetero) is 1. The molecular weight excluding hydrogens is 452 g/mol. The van der Waals surface area contributed by atoms with Crippen LogP contribution in [0.2, 0.25) is 0 Å². The largest absolute Gasteiger partial charge is 0.363 e. The lowest BCUT2D eigenvalue weighted by Crippen LogP contribution is -2.47. The van der Waals surface area contributed by atoms with Crippen LogP contribution in [-0.2, 0) is 16.0 Å². The van der Waals surface area contributed by atoms with Crippen molar-refractivity contribution in [1.29, 1.82) is 0 Å². The zero-order valence-corrected chi connectivity index (χ0v) is 21.0. The second-order valence-corrected chi connectivity index (χ2v) is 8.08. The third-order valence-electron chi connectivity index (χ3n) is 5.24. The van der Waals surface area contributed by atoms with Gasteiger partial charge >= 0.3 is 0 Å². The molecule has 3 rings (SSSR count). The van der Waals surface area contributed by atoms with Crippen LogP contribution in [0.15, 0.2) is 72.9 Å². The fraction of sp³-hybridized carbons (Fsp3) is 0.241. The number of carbonyl (C=O) groups is 3. The zero-order chi connectivity index (χ0) is 26.3. The average molecular weight is 487 g/mol. The molecule has 1 atom stereocenters. The van der Waals surface area contributed by atoms with E-state index in [9.17, 15) is 14.4 Å². The Morgan fingerprint density at radius 3 is 2.17 bits per heavy atom. The maximum absolute atomic E-state index is 13.0. The molecule has 0 aliphatic rings. The van der Waals surface area contributed by atoms with Gasteiger partial charge in [0.25, 0.3) is 11.8 Å². The Hall–Kier alpha value is -4.10. The second-order valence-electron chi connectivity index (χ2n) is 8.08. The third kappa shape index (κ3) is 9.27. The van der Waals surface area contributed by atoms with Crippen molar-refractivity contribution in [2.75, 3.05) is 13.1 Å². The van der Waals surface area contributed by atoms with Gasteiger partial charge < -0.3 is 16.4 Å². The first-order chi connectivity index (χ1) is 17.3. The van der Waals surface area contributed by atoms with E-state index >= 15 is 0 Å². The molecule has 2 amide bonds. The molecule has 0 saturated carbocycles. The number of benzene rings is 2. The fourth-order valence-corrected chi connectivity index (χ4v) is 3.31. The van der Waals surface area contributed by atoms with E-state index in [0.717, 1.165) is 29.8 Å². The van der Waals surface area contributed by atoms with Gasteiger partial charge in [-0.1, -0.05) is 80.1 Å². The van der Waals surface area contributed by atoms with Gasteiger partial charge in [-0.25, -0.2) is 0 Å². The molecule has 0 saturated heterocycles. The number of nitrogens with two attached hydrogens (primary N) is 1. The van der Waals surface area contributed by atoms with Crippen molar-refractivity contribution in [1.82, 2.24) is 15.6 Å². The van der Waals surface area contributed by atoms with Crippen LogP contribution < -0.4 is 16.4 Å². The lowest BCUT2D eigenvalue weighted by atomic mass is 10.0. The molecule has 0 spiro atoms. The smallest absolute Gasteiger partial charge is 0.287 e. The number of rotatable bonds is 10. The molecule has 0 radical (unpaired) electrons. The molecule has 0 aliphatic heterocycles. The molecule has 1 aromatic heterocycles. The van der Waals surface area contributed by atoms with E-state index in [1.165, 1.54) is 0 Å². The van der Waals surface area contributed by atoms with E-state index in [1.54, 1.807) is 24.4 Å². The Labute approximate surface area is 212 Å². The maximum atomic E-state index is 13.0. The number of hydrogen-bond acceptors (Lipinski definition) is 5. The summed E-state index contributed by atoms with van der Waals surface area (Å²) in [6.07, 6.45) is 5.33. The quantitative estimate of drug-likeness (QED) is 0.379. The summed E-state index contributed by atoms with van der Waals surface area (Å²) < 4.78 is 0. The van der Waals surface area contributed by atoms with Gasteiger partial charge in [0.2, 0.25) is 5.78 Å². The first-order valence-corrected chi connectivity index (χ1v) is 11.9. The molecular formula is C29H34N4O3. The molecule has 0 aliphatic carbocycles. The molecule has 36 heavy (non-hydrogen) atoms. The van der Waals surface area contributed by atoms with Gasteiger partial charge in [-0.2, -0.15) is 0 Å². The summed E-state index contributed by atoms with van der Waals surface area (Å²) in [5, 5.41) is 5.76. The number of pyridine rings is 1. The van der Waals surface area contributed by atoms with Crippen molar-refractivity contribution in [3.63, 3.8) is 0 Å². The van der Waals surface area contributed by atoms with Crippen LogP contribution in [0.4, 0.5) is 0 Å². The van der Waals surface area contributed by atoms with Gasteiger partial charge in [0, 0.05) is 12.6 Å². The summed E-state index contributed by atoms with van der Waals surface area (Å²) >= 11 is 0. The normalized spacial score (nSPS) is 11.3. The highest BCUT2D eigenvalue weighted by molar-refractivity contribution is 6.38. The number of amides is 2. The Morgan fingerprint density at radius 2 is 1.58 bits per heavy atom. The van der Waals surface area contributed by atoms with Crippen LogP contribution in [0, 0.1) is 6.92 Å². The molecule has 0 bridgehead atoms. The number of nitrogens with one attached hydrogen (secondary N) is 2. The van der Waals surface area contributed by atoms with Gasteiger partial charge in [-0.15, -0.1) is 0 Å². The van der Waals surface area contributed by atoms with Crippen molar-refractivity contribution in [3.8, 4) is 0 Å². The van der Waals surface area contributed by atoms with Gasteiger partial charge in [0.1, 0.15) is 6.04 Å². The average Bonchev–Trinajstić information content (AvgIpc) is 2.89. The zero-order valence-electron chi connectivity index (χ0n) is 21.0. The van der Waals surface area contributed by atoms with E-state index in [0.29, 0.717) is 11.3 Å². The Kier molecular flexibility index (Phi) is 11.7. The van der Waals surface area contributed by atoms with Crippen LogP contribution in [0.25, 0.3) is 12.2 Å². The Morgan fingerprint density at radius 1 is 0.917 bits per heavy atom. The van der Waals surface area contributed by atoms with Gasteiger partial charge in [0.05, 0.1) is 11.3 Å². The number of primary amides is 1. The van der Waals surface area contributed by atoms with E-state index in [-0.39, 0.29) is 6.42 Å². The van der Waals surface area contributed by atoms with Crippen LogP contribution >= 0.6 is 0 Å². The van der Waals surface area contributed by atoms with E-state index in [1.807, 2.05) is 67.6 Å². The summed E-state index contributed by atoms with van der Waals surface area (Å²) in [6, 6.07) is 19.2. The highest BCUT2D eigenvalue weighted by Gasteiger charge is 2.26. The maximum Gasteiger partial charge on any atom is 0.287 e. The molecule has 1 heterocycles. The molecule has 2 aromatic carbocycles. The first kappa shape index (κ1) is 28.1. The minimum Gasteiger partial charge on any atom is -0.363 e. The van der Waals surface area contributed by atoms with Crippen molar-refractivity contribution in [2.45, 2.75) is 33.2 Å². The minimum absolute atomic E-state index is 0.156. The topological polar surface area (TPSA) is 114 Å². The van der Waals surface area contributed by atoms with Crippen LogP contribution in [0.1, 0.15) is 46.6 Å². The highest BCUT2D eigenvalue weighted by atomic mass is 16.2. The molecule has 188 valence electrons. The van der Waals surface area contributed by atoms with Crippen molar-refractivity contribution < 1.29 is 14.4 Å². The van der Waals surface area contributed by atoms with Gasteiger partial charge in [-0.05, 0) is 49.3 Å². The Balaban J connectivity index is 0.000000830. The minimum atomic E-state index is -1.09. The summed E-state index contributed by atoms with van der Waals surface area (Å²) in [7, 11) is 0. The van der Waals surface area contributed by atoms with Crippen molar-refractivity contribution in [2.24, 2.45) is 5.73 Å². The summed E-state index contributed by atoms with van der Waals surface area (Å²) in [5.74, 6) is -2.45. The standard InChI is InChI=1S/C25H23N3O3.C4H11N/c1-17-9-11-18(12-10-17)13-14-21-20(8-5-15-27-21)25(31)28-22(23(29)24(26)30)16-19-6-3-2-4-7-19;1-3-5-4-2/h2-15,22H,16H2,1H3,(H2,26,30)(H,28,31);5H,3-4H2,1-2H3. The molecule has 4 N–H and O–H groups in total. The summed E-state index contributed by atoms with van der Waals surface area (Å²) in [6.45, 7) is 8.40. The van der Waals surface area contributed by atoms with E-state index < -0.39 is 23.6 Å². The SMILES string of the molecule is CCNCC.Cc1ccc(C=Cc2ncccc2C(=O)NC(Cc2ccccc2)C(=O)C(N)=O)cc1. The number of nitrogens with zero attached hydrogens (tertiary/aromatic N) is 1. The predicted octanol–water partition coefficient (Wildman–Crippen LogP) is 3.57. The molecule has 7 heteroatoms. The fourth-order valence-electron chi connectivity index (χ4n) is 3.31. The van der Waals surface area contributed by atoms with Crippen LogP contribution in [0.3, 0.4) is 0 Å². The number of ketones is 1. The van der Waals surface area contributed by atoms with E-state index in [2.05, 4.69) is 29.5 Å². The molecule has 3 aromatic rings. The van der Waals surface area contributed by atoms with Crippen molar-refractivity contribution >= 4 is 29.7 Å². The number of hydrogen-bond donors (Lipinski definition) is 3. The Bertz CT molecular complexity index is 1160. The van der Waals surface area contributed by atoms with Crippen LogP contribution in [-0.4, -0.2) is 41.7 Å². The molecule has 1 unspecified atom stereocenters. The van der Waals surface area contributed by atoms with Gasteiger partial charge in [-0.3, -0.25) is 19.4 Å².